The number of aryl methyl sites for hydroxylation is 1. The zero-order valence-electron chi connectivity index (χ0n) is 13.7. The predicted octanol–water partition coefficient (Wildman–Crippen LogP) is 4.00. The molecule has 1 aliphatic heterocycles. The molecule has 0 amide bonds. The van der Waals surface area contributed by atoms with E-state index in [4.69, 9.17) is 0 Å². The number of aliphatic hydroxyl groups is 1. The number of halogens is 1. The Kier molecular flexibility index (Phi) is 4.84. The third-order valence-electron chi connectivity index (χ3n) is 5.62. The van der Waals surface area contributed by atoms with Crippen LogP contribution in [0.15, 0.2) is 18.2 Å². The number of hydrogen-bond donors (Lipinski definition) is 1. The van der Waals surface area contributed by atoms with Gasteiger partial charge in [0.15, 0.2) is 0 Å². The number of rotatable bonds is 3. The molecule has 1 heterocycles. The molecule has 0 aromatic heterocycles. The van der Waals surface area contributed by atoms with Gasteiger partial charge in [0.25, 0.3) is 0 Å². The van der Waals surface area contributed by atoms with Gasteiger partial charge in [-0.15, -0.1) is 0 Å². The van der Waals surface area contributed by atoms with Crippen LogP contribution in [0.3, 0.4) is 0 Å². The third kappa shape index (κ3) is 3.21. The van der Waals surface area contributed by atoms with E-state index in [9.17, 15) is 9.50 Å². The van der Waals surface area contributed by atoms with Crippen molar-refractivity contribution in [3.63, 3.8) is 0 Å². The maximum Gasteiger partial charge on any atom is 0.126 e. The molecule has 1 aromatic rings. The molecule has 22 heavy (non-hydrogen) atoms. The molecule has 0 spiro atoms. The van der Waals surface area contributed by atoms with Crippen molar-refractivity contribution in [1.29, 1.82) is 0 Å². The lowest BCUT2D eigenvalue weighted by Crippen LogP contribution is -2.39. The van der Waals surface area contributed by atoms with E-state index < -0.39 is 5.60 Å². The molecule has 0 radical (unpaired) electrons. The first-order valence-corrected chi connectivity index (χ1v) is 8.81. The molecule has 3 heteroatoms. The van der Waals surface area contributed by atoms with Crippen LogP contribution in [0, 0.1) is 18.7 Å². The second-order valence-corrected chi connectivity index (χ2v) is 7.19. The van der Waals surface area contributed by atoms with E-state index in [1.54, 1.807) is 13.0 Å². The minimum atomic E-state index is -0.773. The highest BCUT2D eigenvalue weighted by Gasteiger charge is 2.43. The summed E-state index contributed by atoms with van der Waals surface area (Å²) in [7, 11) is 0. The molecule has 2 aliphatic rings. The Labute approximate surface area is 133 Å². The first kappa shape index (κ1) is 15.9. The lowest BCUT2D eigenvalue weighted by molar-refractivity contribution is -0.0156. The highest BCUT2D eigenvalue weighted by molar-refractivity contribution is 5.30. The molecule has 0 bridgehead atoms. The first-order chi connectivity index (χ1) is 10.6. The van der Waals surface area contributed by atoms with Crippen LogP contribution in [0.2, 0.25) is 0 Å². The summed E-state index contributed by atoms with van der Waals surface area (Å²) in [5.41, 5.74) is 0.764. The SMILES string of the molecule is Cc1cc(C2(O)CCCC2CN2CCCCCC2)ccc1F. The van der Waals surface area contributed by atoms with E-state index in [1.165, 1.54) is 31.7 Å². The molecule has 1 aromatic carbocycles. The first-order valence-electron chi connectivity index (χ1n) is 8.81. The standard InChI is InChI=1S/C19H28FNO/c1-15-13-16(8-9-18(15)20)19(22)10-6-7-17(19)14-21-11-4-2-3-5-12-21/h8-9,13,17,22H,2-7,10-12,14H2,1H3. The average molecular weight is 305 g/mol. The van der Waals surface area contributed by atoms with Crippen LogP contribution in [-0.2, 0) is 5.60 Å². The molecular weight excluding hydrogens is 277 g/mol. The Morgan fingerprint density at radius 2 is 1.91 bits per heavy atom. The smallest absolute Gasteiger partial charge is 0.126 e. The summed E-state index contributed by atoms with van der Waals surface area (Å²) in [6.45, 7) is 5.08. The topological polar surface area (TPSA) is 23.5 Å². The van der Waals surface area contributed by atoms with Crippen LogP contribution in [-0.4, -0.2) is 29.6 Å². The van der Waals surface area contributed by atoms with Crippen molar-refractivity contribution < 1.29 is 9.50 Å². The maximum atomic E-state index is 13.5. The largest absolute Gasteiger partial charge is 0.385 e. The van der Waals surface area contributed by atoms with Gasteiger partial charge in [-0.2, -0.15) is 0 Å². The number of nitrogens with zero attached hydrogens (tertiary/aromatic N) is 1. The summed E-state index contributed by atoms with van der Waals surface area (Å²) < 4.78 is 13.5. The van der Waals surface area contributed by atoms with E-state index in [0.717, 1.165) is 44.5 Å². The van der Waals surface area contributed by atoms with Crippen LogP contribution in [0.4, 0.5) is 4.39 Å². The van der Waals surface area contributed by atoms with Gasteiger partial charge in [0.2, 0.25) is 0 Å². The van der Waals surface area contributed by atoms with Crippen LogP contribution in [0.25, 0.3) is 0 Å². The molecule has 2 nitrogen and oxygen atoms in total. The fourth-order valence-corrected chi connectivity index (χ4v) is 4.23. The Hall–Kier alpha value is -0.930. The van der Waals surface area contributed by atoms with Gasteiger partial charge in [0.05, 0.1) is 5.60 Å². The third-order valence-corrected chi connectivity index (χ3v) is 5.62. The Morgan fingerprint density at radius 1 is 1.18 bits per heavy atom. The second-order valence-electron chi connectivity index (χ2n) is 7.19. The predicted molar refractivity (Wildman–Crippen MR) is 87.3 cm³/mol. The highest BCUT2D eigenvalue weighted by Crippen LogP contribution is 2.44. The van der Waals surface area contributed by atoms with Crippen molar-refractivity contribution in [1.82, 2.24) is 4.90 Å². The Balaban J connectivity index is 1.76. The van der Waals surface area contributed by atoms with E-state index in [2.05, 4.69) is 4.90 Å². The number of likely N-dealkylation sites (tertiary alicyclic amines) is 1. The molecular formula is C19H28FNO. The molecule has 2 fully saturated rings. The van der Waals surface area contributed by atoms with E-state index in [1.807, 2.05) is 6.07 Å². The van der Waals surface area contributed by atoms with Crippen LogP contribution >= 0.6 is 0 Å². The zero-order valence-corrected chi connectivity index (χ0v) is 13.7. The van der Waals surface area contributed by atoms with Crippen molar-refractivity contribution in [2.75, 3.05) is 19.6 Å². The normalized spacial score (nSPS) is 30.4. The Morgan fingerprint density at radius 3 is 2.59 bits per heavy atom. The van der Waals surface area contributed by atoms with Crippen molar-refractivity contribution in [2.45, 2.75) is 57.5 Å². The molecule has 3 rings (SSSR count). The van der Waals surface area contributed by atoms with Crippen molar-refractivity contribution in [2.24, 2.45) is 5.92 Å². The summed E-state index contributed by atoms with van der Waals surface area (Å²) in [4.78, 5) is 2.53. The maximum absolute atomic E-state index is 13.5. The molecule has 2 atom stereocenters. The quantitative estimate of drug-likeness (QED) is 0.912. The van der Waals surface area contributed by atoms with Gasteiger partial charge in [-0.05, 0) is 69.3 Å². The van der Waals surface area contributed by atoms with E-state index in [-0.39, 0.29) is 11.7 Å². The minimum Gasteiger partial charge on any atom is -0.385 e. The molecule has 1 saturated carbocycles. The summed E-state index contributed by atoms with van der Waals surface area (Å²) in [5, 5.41) is 11.3. The van der Waals surface area contributed by atoms with Crippen LogP contribution in [0.1, 0.15) is 56.1 Å². The summed E-state index contributed by atoms with van der Waals surface area (Å²) in [6.07, 6.45) is 8.16. The lowest BCUT2D eigenvalue weighted by Gasteiger charge is -2.34. The van der Waals surface area contributed by atoms with Gasteiger partial charge in [-0.1, -0.05) is 25.0 Å². The highest BCUT2D eigenvalue weighted by atomic mass is 19.1. The molecule has 2 unspecified atom stereocenters. The van der Waals surface area contributed by atoms with Gasteiger partial charge >= 0.3 is 0 Å². The lowest BCUT2D eigenvalue weighted by atomic mass is 9.83. The zero-order chi connectivity index (χ0) is 15.6. The van der Waals surface area contributed by atoms with Gasteiger partial charge in [0, 0.05) is 12.5 Å². The minimum absolute atomic E-state index is 0.186. The summed E-state index contributed by atoms with van der Waals surface area (Å²) in [6, 6.07) is 5.13. The average Bonchev–Trinajstić information content (AvgIpc) is 2.72. The van der Waals surface area contributed by atoms with Gasteiger partial charge in [-0.25, -0.2) is 4.39 Å². The molecule has 1 aliphatic carbocycles. The fraction of sp³-hybridized carbons (Fsp3) is 0.684. The molecule has 1 N–H and O–H groups in total. The van der Waals surface area contributed by atoms with E-state index in [0.29, 0.717) is 5.56 Å². The van der Waals surface area contributed by atoms with Crippen molar-refractivity contribution >= 4 is 0 Å². The second kappa shape index (κ2) is 6.67. The van der Waals surface area contributed by atoms with Gasteiger partial charge < -0.3 is 10.0 Å². The van der Waals surface area contributed by atoms with Gasteiger partial charge in [0.1, 0.15) is 5.82 Å². The molecule has 122 valence electrons. The van der Waals surface area contributed by atoms with Crippen molar-refractivity contribution in [3.8, 4) is 0 Å². The van der Waals surface area contributed by atoms with Crippen molar-refractivity contribution in [3.05, 3.63) is 35.1 Å². The summed E-state index contributed by atoms with van der Waals surface area (Å²) >= 11 is 0. The Bertz CT molecular complexity index is 510. The monoisotopic (exact) mass is 305 g/mol. The fourth-order valence-electron chi connectivity index (χ4n) is 4.23. The van der Waals surface area contributed by atoms with Crippen LogP contribution < -0.4 is 0 Å². The van der Waals surface area contributed by atoms with Crippen LogP contribution in [0.5, 0.6) is 0 Å². The number of benzene rings is 1. The molecule has 1 saturated heterocycles. The van der Waals surface area contributed by atoms with Gasteiger partial charge in [-0.3, -0.25) is 0 Å². The van der Waals surface area contributed by atoms with E-state index >= 15 is 0 Å². The summed E-state index contributed by atoms with van der Waals surface area (Å²) in [5.74, 6) is 0.0878. The number of hydrogen-bond acceptors (Lipinski definition) is 2.